The van der Waals surface area contributed by atoms with Gasteiger partial charge in [-0.1, -0.05) is 35.5 Å². The van der Waals surface area contributed by atoms with Gasteiger partial charge in [0.2, 0.25) is 0 Å². The molecule has 0 atom stereocenters. The maximum absolute atomic E-state index is 11.6. The van der Waals surface area contributed by atoms with E-state index in [1.807, 2.05) is 30.3 Å². The van der Waals surface area contributed by atoms with Gasteiger partial charge < -0.3 is 14.3 Å². The summed E-state index contributed by atoms with van der Waals surface area (Å²) in [6.45, 7) is 0.482. The lowest BCUT2D eigenvalue weighted by Gasteiger charge is -2.08. The van der Waals surface area contributed by atoms with E-state index in [0.29, 0.717) is 17.9 Å². The molecule has 0 saturated carbocycles. The summed E-state index contributed by atoms with van der Waals surface area (Å²) in [4.78, 5) is 16.3. The fourth-order valence-electron chi connectivity index (χ4n) is 1.85. The molecule has 0 N–H and O–H groups in total. The van der Waals surface area contributed by atoms with E-state index in [0.717, 1.165) is 5.56 Å². The van der Waals surface area contributed by atoms with Crippen molar-refractivity contribution in [2.75, 3.05) is 14.2 Å². The Morgan fingerprint density at radius 3 is 2.27 bits per heavy atom. The number of nitrogens with zero attached hydrogens (tertiary/aromatic N) is 1. The summed E-state index contributed by atoms with van der Waals surface area (Å²) in [5.74, 6) is 0.147. The molecule has 22 heavy (non-hydrogen) atoms. The molecule has 5 nitrogen and oxygen atoms in total. The van der Waals surface area contributed by atoms with Gasteiger partial charge in [0.05, 0.1) is 7.11 Å². The molecule has 2 rings (SSSR count). The zero-order valence-corrected chi connectivity index (χ0v) is 12.5. The highest BCUT2D eigenvalue weighted by Gasteiger charge is 2.15. The van der Waals surface area contributed by atoms with Crippen molar-refractivity contribution in [2.45, 2.75) is 6.61 Å². The van der Waals surface area contributed by atoms with Crippen LogP contribution in [0.4, 0.5) is 0 Å². The molecule has 0 aliphatic carbocycles. The lowest BCUT2D eigenvalue weighted by Crippen LogP contribution is -2.17. The Bertz CT molecular complexity index is 635. The first-order valence-corrected chi connectivity index (χ1v) is 6.71. The van der Waals surface area contributed by atoms with Crippen LogP contribution in [-0.2, 0) is 21.0 Å². The minimum atomic E-state index is -0.556. The molecule has 0 aliphatic heterocycles. The van der Waals surface area contributed by atoms with Crippen molar-refractivity contribution in [3.63, 3.8) is 0 Å². The molecule has 0 amide bonds. The number of carbonyl (C=O) groups excluding carboxylic acids is 1. The smallest absolute Gasteiger partial charge is 0.360 e. The second-order valence-corrected chi connectivity index (χ2v) is 4.41. The third kappa shape index (κ3) is 4.09. The van der Waals surface area contributed by atoms with Crippen molar-refractivity contribution in [2.24, 2.45) is 5.16 Å². The highest BCUT2D eigenvalue weighted by molar-refractivity contribution is 6.43. The quantitative estimate of drug-likeness (QED) is 0.467. The molecule has 0 unspecified atom stereocenters. The first kappa shape index (κ1) is 15.6. The van der Waals surface area contributed by atoms with Gasteiger partial charge in [-0.05, 0) is 29.8 Å². The van der Waals surface area contributed by atoms with Crippen molar-refractivity contribution in [3.8, 4) is 5.75 Å². The molecular formula is C17H17NO4. The molecule has 2 aromatic rings. The van der Waals surface area contributed by atoms with Crippen molar-refractivity contribution in [1.82, 2.24) is 0 Å². The Hall–Kier alpha value is -2.82. The zero-order chi connectivity index (χ0) is 15.8. The molecule has 0 aliphatic rings. The van der Waals surface area contributed by atoms with Crippen LogP contribution in [0.2, 0.25) is 0 Å². The molecule has 0 saturated heterocycles. The summed E-state index contributed by atoms with van der Waals surface area (Å²) in [5, 5.41) is 3.69. The number of hydrogen-bond acceptors (Lipinski definition) is 5. The minimum Gasteiger partial charge on any atom is -0.489 e. The monoisotopic (exact) mass is 299 g/mol. The van der Waals surface area contributed by atoms with Crippen LogP contribution >= 0.6 is 0 Å². The lowest BCUT2D eigenvalue weighted by atomic mass is 10.1. The number of carbonyl (C=O) groups is 1. The van der Waals surface area contributed by atoms with E-state index < -0.39 is 5.97 Å². The first-order valence-electron chi connectivity index (χ1n) is 6.71. The van der Waals surface area contributed by atoms with E-state index >= 15 is 0 Å². The molecular weight excluding hydrogens is 282 g/mol. The van der Waals surface area contributed by atoms with Crippen molar-refractivity contribution >= 4 is 11.7 Å². The Morgan fingerprint density at radius 2 is 1.68 bits per heavy atom. The van der Waals surface area contributed by atoms with Crippen LogP contribution in [0.3, 0.4) is 0 Å². The summed E-state index contributed by atoms with van der Waals surface area (Å²) >= 11 is 0. The summed E-state index contributed by atoms with van der Waals surface area (Å²) in [7, 11) is 2.67. The number of ether oxygens (including phenoxy) is 2. The van der Waals surface area contributed by atoms with Crippen LogP contribution in [0.5, 0.6) is 5.75 Å². The van der Waals surface area contributed by atoms with E-state index in [-0.39, 0.29) is 5.71 Å². The second kappa shape index (κ2) is 7.83. The number of rotatable bonds is 6. The normalized spacial score (nSPS) is 10.9. The Balaban J connectivity index is 2.06. The largest absolute Gasteiger partial charge is 0.489 e. The number of esters is 1. The number of hydrogen-bond donors (Lipinski definition) is 0. The molecule has 0 radical (unpaired) electrons. The van der Waals surface area contributed by atoms with E-state index in [9.17, 15) is 4.79 Å². The summed E-state index contributed by atoms with van der Waals surface area (Å²) in [6.07, 6.45) is 0. The third-order valence-corrected chi connectivity index (χ3v) is 2.94. The molecule has 0 spiro atoms. The Labute approximate surface area is 129 Å². The predicted molar refractivity (Wildman–Crippen MR) is 82.8 cm³/mol. The predicted octanol–water partition coefficient (Wildman–Crippen LogP) is 2.79. The van der Waals surface area contributed by atoms with Gasteiger partial charge in [-0.25, -0.2) is 4.79 Å². The Kier molecular flexibility index (Phi) is 5.54. The van der Waals surface area contributed by atoms with E-state index in [2.05, 4.69) is 14.7 Å². The number of oxime groups is 1. The molecule has 0 heterocycles. The molecule has 0 aromatic heterocycles. The van der Waals surface area contributed by atoms with Gasteiger partial charge in [-0.2, -0.15) is 0 Å². The SMILES string of the molecule is CON=C(C(=O)OC)c1ccc(OCc2ccccc2)cc1. The van der Waals surface area contributed by atoms with Gasteiger partial charge >= 0.3 is 5.97 Å². The van der Waals surface area contributed by atoms with Crippen molar-refractivity contribution in [3.05, 3.63) is 65.7 Å². The Morgan fingerprint density at radius 1 is 1.00 bits per heavy atom. The van der Waals surface area contributed by atoms with Gasteiger partial charge in [0, 0.05) is 5.56 Å². The molecule has 114 valence electrons. The minimum absolute atomic E-state index is 0.111. The van der Waals surface area contributed by atoms with Crippen molar-refractivity contribution < 1.29 is 19.1 Å². The maximum Gasteiger partial charge on any atom is 0.360 e. The van der Waals surface area contributed by atoms with E-state index in [1.165, 1.54) is 14.2 Å². The average molecular weight is 299 g/mol. The topological polar surface area (TPSA) is 57.1 Å². The van der Waals surface area contributed by atoms with E-state index in [1.54, 1.807) is 24.3 Å². The lowest BCUT2D eigenvalue weighted by molar-refractivity contribution is -0.132. The van der Waals surface area contributed by atoms with Crippen LogP contribution in [0, 0.1) is 0 Å². The average Bonchev–Trinajstić information content (AvgIpc) is 2.59. The van der Waals surface area contributed by atoms with Crippen LogP contribution in [0.15, 0.2) is 59.8 Å². The summed E-state index contributed by atoms with van der Waals surface area (Å²) in [6, 6.07) is 16.9. The van der Waals surface area contributed by atoms with E-state index in [4.69, 9.17) is 4.74 Å². The van der Waals surface area contributed by atoms with Crippen LogP contribution in [-0.4, -0.2) is 25.9 Å². The van der Waals surface area contributed by atoms with Gasteiger partial charge in [0.1, 0.15) is 19.5 Å². The zero-order valence-electron chi connectivity index (χ0n) is 12.5. The fourth-order valence-corrected chi connectivity index (χ4v) is 1.85. The van der Waals surface area contributed by atoms with Gasteiger partial charge in [0.15, 0.2) is 5.71 Å². The molecule has 2 aromatic carbocycles. The second-order valence-electron chi connectivity index (χ2n) is 4.41. The van der Waals surface area contributed by atoms with Crippen LogP contribution < -0.4 is 4.74 Å². The standard InChI is InChI=1S/C17H17NO4/c1-20-17(19)16(18-21-2)14-8-10-15(11-9-14)22-12-13-6-4-3-5-7-13/h3-11H,12H2,1-2H3. The van der Waals surface area contributed by atoms with Gasteiger partial charge in [0.25, 0.3) is 0 Å². The van der Waals surface area contributed by atoms with Gasteiger partial charge in [-0.15, -0.1) is 0 Å². The van der Waals surface area contributed by atoms with Crippen LogP contribution in [0.1, 0.15) is 11.1 Å². The summed E-state index contributed by atoms with van der Waals surface area (Å²) in [5.41, 5.74) is 1.79. The number of methoxy groups -OCH3 is 1. The molecule has 0 fully saturated rings. The van der Waals surface area contributed by atoms with Crippen LogP contribution in [0.25, 0.3) is 0 Å². The fraction of sp³-hybridized carbons (Fsp3) is 0.176. The third-order valence-electron chi connectivity index (χ3n) is 2.94. The first-order chi connectivity index (χ1) is 10.7. The molecule has 0 bridgehead atoms. The highest BCUT2D eigenvalue weighted by atomic mass is 16.6. The van der Waals surface area contributed by atoms with Gasteiger partial charge in [-0.3, -0.25) is 0 Å². The summed E-state index contributed by atoms with van der Waals surface area (Å²) < 4.78 is 10.4. The highest BCUT2D eigenvalue weighted by Crippen LogP contribution is 2.15. The maximum atomic E-state index is 11.6. The van der Waals surface area contributed by atoms with Crippen molar-refractivity contribution in [1.29, 1.82) is 0 Å². The molecule has 5 heteroatoms. The number of benzene rings is 2.